The molecule has 0 saturated heterocycles. The molecule has 0 aliphatic heterocycles. The summed E-state index contributed by atoms with van der Waals surface area (Å²) < 4.78 is 11.3. The van der Waals surface area contributed by atoms with E-state index in [1.807, 2.05) is 18.2 Å². The molecule has 5 heteroatoms. The number of fused-ring (bicyclic) bond motifs is 12. The van der Waals surface area contributed by atoms with Gasteiger partial charge >= 0.3 is 0 Å². The first-order chi connectivity index (χ1) is 27.3. The molecule has 4 heterocycles. The van der Waals surface area contributed by atoms with E-state index >= 15 is 0 Å². The minimum atomic E-state index is 0.697. The van der Waals surface area contributed by atoms with Crippen molar-refractivity contribution in [3.05, 3.63) is 182 Å². The first-order valence-corrected chi connectivity index (χ1v) is 18.6. The maximum atomic E-state index is 6.42. The van der Waals surface area contributed by atoms with Crippen LogP contribution in [0.5, 0.6) is 0 Å². The number of hydrogen-bond donors (Lipinski definition) is 0. The Morgan fingerprint density at radius 2 is 1.05 bits per heavy atom. The van der Waals surface area contributed by atoms with Crippen LogP contribution in [0.3, 0.4) is 0 Å². The molecule has 0 spiro atoms. The van der Waals surface area contributed by atoms with Gasteiger partial charge in [-0.3, -0.25) is 0 Å². The molecule has 0 amide bonds. The predicted octanol–water partition coefficient (Wildman–Crippen LogP) is 13.1. The summed E-state index contributed by atoms with van der Waals surface area (Å²) in [5.41, 5.74) is 12.4. The molecule has 0 radical (unpaired) electrons. The zero-order valence-corrected chi connectivity index (χ0v) is 29.5. The Kier molecular flexibility index (Phi) is 6.27. The highest BCUT2D eigenvalue weighted by Crippen LogP contribution is 2.46. The lowest BCUT2D eigenvalue weighted by molar-refractivity contribution is 0.669. The third kappa shape index (κ3) is 4.35. The van der Waals surface area contributed by atoms with E-state index in [-0.39, 0.29) is 0 Å². The van der Waals surface area contributed by atoms with Crippen LogP contribution < -0.4 is 0 Å². The standard InChI is InChI=1S/C50H30N4O/c1-3-14-31(15-4-1)48-35-20-7-10-23-39(35)51-50(52-48)32-16-13-19-34(30-32)53-40-24-11-8-21-36(40)46-42(53)27-26-38-45-41(54(49(38)46)33-17-5-2-6-18-33)28-29-44-47(45)37-22-9-12-25-43(37)55-44/h1-30H. The summed E-state index contributed by atoms with van der Waals surface area (Å²) in [6, 6.07) is 64.1. The largest absolute Gasteiger partial charge is 0.456 e. The molecule has 5 nitrogen and oxygen atoms in total. The molecule has 0 atom stereocenters. The van der Waals surface area contributed by atoms with Crippen LogP contribution in [0.4, 0.5) is 0 Å². The Morgan fingerprint density at radius 1 is 0.382 bits per heavy atom. The number of para-hydroxylation sites is 4. The van der Waals surface area contributed by atoms with Gasteiger partial charge in [0.05, 0.1) is 33.3 Å². The summed E-state index contributed by atoms with van der Waals surface area (Å²) in [5, 5.41) is 8.09. The second-order valence-electron chi connectivity index (χ2n) is 14.1. The minimum Gasteiger partial charge on any atom is -0.456 e. The van der Waals surface area contributed by atoms with Crippen LogP contribution in [0.2, 0.25) is 0 Å². The Hall–Kier alpha value is -7.50. The van der Waals surface area contributed by atoms with Crippen LogP contribution in [-0.4, -0.2) is 19.1 Å². The number of rotatable bonds is 4. The molecule has 256 valence electrons. The second kappa shape index (κ2) is 11.5. The first kappa shape index (κ1) is 30.0. The van der Waals surface area contributed by atoms with E-state index < -0.39 is 0 Å². The zero-order valence-electron chi connectivity index (χ0n) is 29.5. The molecular formula is C50H30N4O. The van der Waals surface area contributed by atoms with Gasteiger partial charge in [-0.1, -0.05) is 121 Å². The van der Waals surface area contributed by atoms with Gasteiger partial charge in [0, 0.05) is 60.2 Å². The molecule has 12 aromatic rings. The van der Waals surface area contributed by atoms with E-state index in [0.29, 0.717) is 5.82 Å². The van der Waals surface area contributed by atoms with Crippen molar-refractivity contribution < 1.29 is 4.42 Å². The molecule has 0 N–H and O–H groups in total. The van der Waals surface area contributed by atoms with Gasteiger partial charge < -0.3 is 13.6 Å². The van der Waals surface area contributed by atoms with E-state index in [1.165, 1.54) is 27.1 Å². The molecule has 0 saturated carbocycles. The van der Waals surface area contributed by atoms with Gasteiger partial charge in [0.25, 0.3) is 0 Å². The molecule has 0 fully saturated rings. The summed E-state index contributed by atoms with van der Waals surface area (Å²) in [5.74, 6) is 0.697. The van der Waals surface area contributed by atoms with Crippen molar-refractivity contribution in [2.45, 2.75) is 0 Å². The third-order valence-corrected chi connectivity index (χ3v) is 11.1. The highest BCUT2D eigenvalue weighted by atomic mass is 16.3. The summed E-state index contributed by atoms with van der Waals surface area (Å²) in [4.78, 5) is 10.3. The normalized spacial score (nSPS) is 12.0. The molecule has 0 aliphatic rings. The van der Waals surface area contributed by atoms with Crippen molar-refractivity contribution in [3.8, 4) is 34.0 Å². The van der Waals surface area contributed by atoms with E-state index in [4.69, 9.17) is 14.4 Å². The highest BCUT2D eigenvalue weighted by Gasteiger charge is 2.24. The van der Waals surface area contributed by atoms with E-state index in [1.54, 1.807) is 0 Å². The average Bonchev–Trinajstić information content (AvgIpc) is 3.91. The van der Waals surface area contributed by atoms with Crippen LogP contribution in [0.15, 0.2) is 186 Å². The summed E-state index contributed by atoms with van der Waals surface area (Å²) in [6.45, 7) is 0. The smallest absolute Gasteiger partial charge is 0.160 e. The lowest BCUT2D eigenvalue weighted by Gasteiger charge is -2.12. The molecule has 0 aliphatic carbocycles. The molecular weight excluding hydrogens is 673 g/mol. The number of benzene rings is 8. The summed E-state index contributed by atoms with van der Waals surface area (Å²) in [6.07, 6.45) is 0. The van der Waals surface area contributed by atoms with Crippen molar-refractivity contribution in [1.29, 1.82) is 0 Å². The van der Waals surface area contributed by atoms with Gasteiger partial charge in [-0.25, -0.2) is 9.97 Å². The monoisotopic (exact) mass is 702 g/mol. The van der Waals surface area contributed by atoms with Crippen molar-refractivity contribution in [2.75, 3.05) is 0 Å². The lowest BCUT2D eigenvalue weighted by atomic mass is 10.0. The molecule has 12 rings (SSSR count). The fourth-order valence-corrected chi connectivity index (χ4v) is 8.79. The van der Waals surface area contributed by atoms with Gasteiger partial charge in [-0.15, -0.1) is 0 Å². The predicted molar refractivity (Wildman–Crippen MR) is 226 cm³/mol. The van der Waals surface area contributed by atoms with Crippen LogP contribution in [0.1, 0.15) is 0 Å². The van der Waals surface area contributed by atoms with Gasteiger partial charge in [0.2, 0.25) is 0 Å². The molecule has 0 bridgehead atoms. The van der Waals surface area contributed by atoms with Gasteiger partial charge in [0.15, 0.2) is 5.82 Å². The summed E-state index contributed by atoms with van der Waals surface area (Å²) in [7, 11) is 0. The van der Waals surface area contributed by atoms with Crippen molar-refractivity contribution >= 4 is 76.5 Å². The molecule has 55 heavy (non-hydrogen) atoms. The average molecular weight is 703 g/mol. The fourth-order valence-electron chi connectivity index (χ4n) is 8.79. The van der Waals surface area contributed by atoms with E-state index in [0.717, 1.165) is 77.6 Å². The molecule has 4 aromatic heterocycles. The zero-order chi connectivity index (χ0) is 36.0. The number of nitrogens with zero attached hydrogens (tertiary/aromatic N) is 4. The maximum Gasteiger partial charge on any atom is 0.160 e. The van der Waals surface area contributed by atoms with Gasteiger partial charge in [-0.05, 0) is 60.7 Å². The van der Waals surface area contributed by atoms with Crippen molar-refractivity contribution in [1.82, 2.24) is 19.1 Å². The van der Waals surface area contributed by atoms with E-state index in [9.17, 15) is 0 Å². The fraction of sp³-hybridized carbons (Fsp3) is 0. The Bertz CT molecular complexity index is 3480. The minimum absolute atomic E-state index is 0.697. The van der Waals surface area contributed by atoms with Crippen LogP contribution in [0.25, 0.3) is 110 Å². The Labute approximate surface area is 315 Å². The van der Waals surface area contributed by atoms with E-state index in [2.05, 4.69) is 173 Å². The highest BCUT2D eigenvalue weighted by molar-refractivity contribution is 6.33. The number of aromatic nitrogens is 4. The third-order valence-electron chi connectivity index (χ3n) is 11.1. The second-order valence-corrected chi connectivity index (χ2v) is 14.1. The van der Waals surface area contributed by atoms with Crippen LogP contribution >= 0.6 is 0 Å². The summed E-state index contributed by atoms with van der Waals surface area (Å²) >= 11 is 0. The first-order valence-electron chi connectivity index (χ1n) is 18.6. The van der Waals surface area contributed by atoms with Gasteiger partial charge in [-0.2, -0.15) is 0 Å². The lowest BCUT2D eigenvalue weighted by Crippen LogP contribution is -1.98. The SMILES string of the molecule is c1ccc(-c2nc(-c3cccc(-n4c5ccccc5c5c4ccc4c6c7c(ccc6n(-c6ccccc6)c45)oc4ccccc47)c3)nc3ccccc23)cc1. The van der Waals surface area contributed by atoms with Crippen molar-refractivity contribution in [2.24, 2.45) is 0 Å². The van der Waals surface area contributed by atoms with Gasteiger partial charge in [0.1, 0.15) is 11.2 Å². The van der Waals surface area contributed by atoms with Crippen molar-refractivity contribution in [3.63, 3.8) is 0 Å². The Balaban J connectivity index is 1.16. The number of furan rings is 1. The quantitative estimate of drug-likeness (QED) is 0.183. The number of hydrogen-bond acceptors (Lipinski definition) is 3. The topological polar surface area (TPSA) is 48.8 Å². The van der Waals surface area contributed by atoms with Crippen LogP contribution in [0, 0.1) is 0 Å². The van der Waals surface area contributed by atoms with Crippen LogP contribution in [-0.2, 0) is 0 Å². The maximum absolute atomic E-state index is 6.42. The Morgan fingerprint density at radius 3 is 1.93 bits per heavy atom. The molecule has 8 aromatic carbocycles. The molecule has 0 unspecified atom stereocenters.